The Morgan fingerprint density at radius 1 is 1.03 bits per heavy atom. The first-order valence-corrected chi connectivity index (χ1v) is 11.9. The Morgan fingerprint density at radius 2 is 1.79 bits per heavy atom. The van der Waals surface area contributed by atoms with Crippen LogP contribution in [0.25, 0.3) is 0 Å². The van der Waals surface area contributed by atoms with E-state index in [4.69, 9.17) is 0 Å². The normalized spacial score (nSPS) is 21.3. The number of hydrogen-bond acceptors (Lipinski definition) is 5. The Kier molecular flexibility index (Phi) is 7.95. The molecular weight excluding hydrogens is 437 g/mol. The fourth-order valence-electron chi connectivity index (χ4n) is 4.91. The molecular formula is C25H32FN5O3. The number of piperidine rings is 1. The molecule has 2 fully saturated rings. The highest BCUT2D eigenvalue weighted by Crippen LogP contribution is 2.30. The zero-order valence-electron chi connectivity index (χ0n) is 19.3. The lowest BCUT2D eigenvalue weighted by Crippen LogP contribution is -2.49. The lowest BCUT2D eigenvalue weighted by molar-refractivity contribution is -0.139. The molecule has 2 saturated heterocycles. The number of nitrogens with zero attached hydrogens (tertiary/aromatic N) is 4. The molecule has 2 unspecified atom stereocenters. The van der Waals surface area contributed by atoms with Crippen molar-refractivity contribution in [3.05, 3.63) is 54.5 Å². The third kappa shape index (κ3) is 6.44. The van der Waals surface area contributed by atoms with Crippen molar-refractivity contribution in [3.8, 4) is 0 Å². The molecule has 2 amide bonds. The number of benzene rings is 1. The first kappa shape index (κ1) is 23.9. The summed E-state index contributed by atoms with van der Waals surface area (Å²) in [6.45, 7) is 5.61. The Balaban J connectivity index is 1.30. The van der Waals surface area contributed by atoms with Crippen molar-refractivity contribution in [2.24, 2.45) is 11.8 Å². The second kappa shape index (κ2) is 11.3. The van der Waals surface area contributed by atoms with E-state index in [1.807, 2.05) is 24.4 Å². The van der Waals surface area contributed by atoms with Gasteiger partial charge in [-0.2, -0.15) is 0 Å². The summed E-state index contributed by atoms with van der Waals surface area (Å²) in [6.07, 6.45) is 3.46. The molecule has 0 spiro atoms. The van der Waals surface area contributed by atoms with Crippen molar-refractivity contribution < 1.29 is 19.1 Å². The predicted octanol–water partition coefficient (Wildman–Crippen LogP) is 3.38. The molecule has 8 nitrogen and oxygen atoms in total. The number of carbonyl (C=O) groups excluding carboxylic acids is 1. The van der Waals surface area contributed by atoms with Crippen LogP contribution < -0.4 is 10.2 Å². The molecule has 2 N–H and O–H groups in total. The van der Waals surface area contributed by atoms with Crippen molar-refractivity contribution in [1.29, 1.82) is 0 Å². The quantitative estimate of drug-likeness (QED) is 0.646. The van der Waals surface area contributed by atoms with Gasteiger partial charge in [-0.25, -0.2) is 14.2 Å². The topological polar surface area (TPSA) is 89.0 Å². The number of nitrogens with one attached hydrogen (secondary N) is 1. The number of rotatable bonds is 7. The number of pyridine rings is 1. The van der Waals surface area contributed by atoms with E-state index in [2.05, 4.69) is 20.1 Å². The fraction of sp³-hybridized carbons (Fsp3) is 0.480. The maximum Gasteiger partial charge on any atom is 0.321 e. The van der Waals surface area contributed by atoms with E-state index < -0.39 is 5.97 Å². The van der Waals surface area contributed by atoms with Gasteiger partial charge in [-0.3, -0.25) is 9.69 Å². The largest absolute Gasteiger partial charge is 0.481 e. The number of anilines is 2. The van der Waals surface area contributed by atoms with E-state index in [0.29, 0.717) is 25.2 Å². The van der Waals surface area contributed by atoms with E-state index in [1.165, 1.54) is 24.3 Å². The van der Waals surface area contributed by atoms with Crippen LogP contribution in [0, 0.1) is 17.7 Å². The van der Waals surface area contributed by atoms with Gasteiger partial charge in [0.1, 0.15) is 11.6 Å². The summed E-state index contributed by atoms with van der Waals surface area (Å²) in [7, 11) is 0. The molecule has 0 saturated carbocycles. The van der Waals surface area contributed by atoms with Crippen LogP contribution in [0.1, 0.15) is 19.3 Å². The third-order valence-electron chi connectivity index (χ3n) is 6.87. The predicted molar refractivity (Wildman–Crippen MR) is 128 cm³/mol. The number of amides is 2. The van der Waals surface area contributed by atoms with Gasteiger partial charge in [-0.1, -0.05) is 6.07 Å². The van der Waals surface area contributed by atoms with Gasteiger partial charge >= 0.3 is 12.0 Å². The van der Waals surface area contributed by atoms with Gasteiger partial charge in [0.15, 0.2) is 0 Å². The summed E-state index contributed by atoms with van der Waals surface area (Å²) in [4.78, 5) is 35.1. The Labute approximate surface area is 199 Å². The van der Waals surface area contributed by atoms with Crippen LogP contribution in [0.2, 0.25) is 0 Å². The lowest BCUT2D eigenvalue weighted by atomic mass is 9.81. The van der Waals surface area contributed by atoms with Crippen LogP contribution in [0.3, 0.4) is 0 Å². The van der Waals surface area contributed by atoms with Crippen molar-refractivity contribution in [2.75, 3.05) is 56.0 Å². The Bertz CT molecular complexity index is 951. The summed E-state index contributed by atoms with van der Waals surface area (Å²) in [5, 5.41) is 12.2. The second-order valence-electron chi connectivity index (χ2n) is 9.10. The smallest absolute Gasteiger partial charge is 0.321 e. The maximum absolute atomic E-state index is 13.1. The third-order valence-corrected chi connectivity index (χ3v) is 6.87. The molecule has 182 valence electrons. The molecule has 2 aromatic rings. The summed E-state index contributed by atoms with van der Waals surface area (Å²) in [6, 6.07) is 11.4. The minimum absolute atomic E-state index is 0.0576. The Morgan fingerprint density at radius 3 is 2.47 bits per heavy atom. The number of urea groups is 1. The van der Waals surface area contributed by atoms with E-state index in [0.717, 1.165) is 45.0 Å². The summed E-state index contributed by atoms with van der Waals surface area (Å²) in [5.74, 6) is 0.0372. The minimum atomic E-state index is -0.789. The van der Waals surface area contributed by atoms with Gasteiger partial charge in [0.25, 0.3) is 0 Å². The van der Waals surface area contributed by atoms with Gasteiger partial charge in [-0.05, 0) is 67.6 Å². The van der Waals surface area contributed by atoms with Crippen LogP contribution in [0.5, 0.6) is 0 Å². The average Bonchev–Trinajstić information content (AvgIpc) is 2.85. The van der Waals surface area contributed by atoms with Gasteiger partial charge < -0.3 is 20.2 Å². The number of carboxylic acids is 1. The van der Waals surface area contributed by atoms with Gasteiger partial charge in [0, 0.05) is 57.6 Å². The highest BCUT2D eigenvalue weighted by molar-refractivity contribution is 5.89. The molecule has 0 aliphatic carbocycles. The Hall–Kier alpha value is -3.20. The van der Waals surface area contributed by atoms with Crippen molar-refractivity contribution in [2.45, 2.75) is 19.3 Å². The standard InChI is InChI=1S/C25H32FN5O3/c26-21-4-6-22(7-5-21)28-25(34)31-12-9-19(17-24(32)33)20(18-31)8-11-29-13-15-30(16-14-29)23-3-1-2-10-27-23/h1-7,10,19-20H,8-9,11-18H2,(H,28,34)(H,32,33). The van der Waals surface area contributed by atoms with Crippen molar-refractivity contribution >= 4 is 23.5 Å². The van der Waals surface area contributed by atoms with Crippen LogP contribution in [0.15, 0.2) is 48.7 Å². The van der Waals surface area contributed by atoms with Gasteiger partial charge in [0.2, 0.25) is 0 Å². The summed E-state index contributed by atoms with van der Waals surface area (Å²) < 4.78 is 13.1. The maximum atomic E-state index is 13.1. The first-order chi connectivity index (χ1) is 16.5. The molecule has 1 aromatic heterocycles. The van der Waals surface area contributed by atoms with Crippen LogP contribution in [0.4, 0.5) is 20.7 Å². The molecule has 4 rings (SSSR count). The van der Waals surface area contributed by atoms with E-state index >= 15 is 0 Å². The van der Waals surface area contributed by atoms with E-state index in [-0.39, 0.29) is 30.1 Å². The molecule has 1 aromatic carbocycles. The number of piperazine rings is 1. The number of aromatic nitrogens is 1. The van der Waals surface area contributed by atoms with Gasteiger partial charge in [-0.15, -0.1) is 0 Å². The second-order valence-corrected chi connectivity index (χ2v) is 9.10. The average molecular weight is 470 g/mol. The minimum Gasteiger partial charge on any atom is -0.481 e. The summed E-state index contributed by atoms with van der Waals surface area (Å²) in [5.41, 5.74) is 0.543. The van der Waals surface area contributed by atoms with Crippen LogP contribution >= 0.6 is 0 Å². The molecule has 2 aliphatic heterocycles. The zero-order chi connectivity index (χ0) is 23.9. The van der Waals surface area contributed by atoms with Crippen LogP contribution in [-0.2, 0) is 4.79 Å². The zero-order valence-corrected chi connectivity index (χ0v) is 19.3. The molecule has 0 bridgehead atoms. The monoisotopic (exact) mass is 469 g/mol. The molecule has 3 heterocycles. The van der Waals surface area contributed by atoms with Crippen LogP contribution in [-0.4, -0.2) is 77.7 Å². The first-order valence-electron chi connectivity index (χ1n) is 11.9. The SMILES string of the molecule is O=C(O)CC1CCN(C(=O)Nc2ccc(F)cc2)CC1CCN1CCN(c2ccccn2)CC1. The van der Waals surface area contributed by atoms with Crippen molar-refractivity contribution in [3.63, 3.8) is 0 Å². The molecule has 34 heavy (non-hydrogen) atoms. The highest BCUT2D eigenvalue weighted by Gasteiger charge is 2.33. The fourth-order valence-corrected chi connectivity index (χ4v) is 4.91. The number of halogens is 1. The van der Waals surface area contributed by atoms with E-state index in [1.54, 1.807) is 4.90 Å². The molecule has 0 radical (unpaired) electrons. The number of carboxylic acid groups (broad SMARTS) is 1. The number of likely N-dealkylation sites (tertiary alicyclic amines) is 1. The number of hydrogen-bond donors (Lipinski definition) is 2. The van der Waals surface area contributed by atoms with Gasteiger partial charge in [0.05, 0.1) is 0 Å². The lowest BCUT2D eigenvalue weighted by Gasteiger charge is -2.40. The number of aliphatic carboxylic acids is 1. The number of carbonyl (C=O) groups is 2. The summed E-state index contributed by atoms with van der Waals surface area (Å²) >= 11 is 0. The molecule has 2 atom stereocenters. The van der Waals surface area contributed by atoms with Crippen molar-refractivity contribution in [1.82, 2.24) is 14.8 Å². The highest BCUT2D eigenvalue weighted by atomic mass is 19.1. The molecule has 2 aliphatic rings. The molecule has 9 heteroatoms. The van der Waals surface area contributed by atoms with E-state index in [9.17, 15) is 19.1 Å².